The number of nitrogens with one attached hydrogen (secondary N) is 1. The number of likely N-dealkylation sites (N-methyl/N-ethyl adjacent to an activating group) is 2. The lowest BCUT2D eigenvalue weighted by molar-refractivity contribution is -0.138. The van der Waals surface area contributed by atoms with Gasteiger partial charge in [0, 0.05) is 19.6 Å². The van der Waals surface area contributed by atoms with Gasteiger partial charge in [-0.25, -0.2) is 0 Å². The van der Waals surface area contributed by atoms with Gasteiger partial charge < -0.3 is 16.0 Å². The molecule has 0 aromatic heterocycles. The van der Waals surface area contributed by atoms with Crippen LogP contribution in [0.1, 0.15) is 26.2 Å². The van der Waals surface area contributed by atoms with Crippen molar-refractivity contribution in [3.63, 3.8) is 0 Å². The zero-order chi connectivity index (χ0) is 12.1. The molecule has 3 N–H and O–H groups in total. The molecule has 0 saturated heterocycles. The van der Waals surface area contributed by atoms with E-state index in [2.05, 4.69) is 5.32 Å². The fourth-order valence-corrected chi connectivity index (χ4v) is 2.12. The average Bonchev–Trinajstić information content (AvgIpc) is 2.63. The van der Waals surface area contributed by atoms with Crippen molar-refractivity contribution >= 4 is 11.8 Å². The molecule has 5 nitrogen and oxygen atoms in total. The summed E-state index contributed by atoms with van der Waals surface area (Å²) in [6.45, 7) is 2.56. The van der Waals surface area contributed by atoms with Crippen LogP contribution in [0.2, 0.25) is 0 Å². The second-order valence-electron chi connectivity index (χ2n) is 4.35. The summed E-state index contributed by atoms with van der Waals surface area (Å²) in [4.78, 5) is 24.8. The van der Waals surface area contributed by atoms with Gasteiger partial charge in [-0.15, -0.1) is 0 Å². The SMILES string of the molecule is CCNC(=O)CN(C)C(=O)C1CCCC1N. The molecule has 2 atom stereocenters. The molecule has 0 radical (unpaired) electrons. The van der Waals surface area contributed by atoms with Gasteiger partial charge in [-0.1, -0.05) is 6.42 Å². The lowest BCUT2D eigenvalue weighted by atomic mass is 10.0. The van der Waals surface area contributed by atoms with Gasteiger partial charge in [0.25, 0.3) is 0 Å². The zero-order valence-electron chi connectivity index (χ0n) is 10.0. The molecule has 92 valence electrons. The van der Waals surface area contributed by atoms with Crippen molar-refractivity contribution in [3.8, 4) is 0 Å². The van der Waals surface area contributed by atoms with E-state index in [1.165, 1.54) is 4.90 Å². The molecule has 0 aliphatic heterocycles. The molecule has 0 aromatic rings. The number of carbonyl (C=O) groups excluding carboxylic acids is 2. The third-order valence-corrected chi connectivity index (χ3v) is 3.02. The highest BCUT2D eigenvalue weighted by molar-refractivity contribution is 5.86. The van der Waals surface area contributed by atoms with E-state index in [-0.39, 0.29) is 30.3 Å². The first-order valence-corrected chi connectivity index (χ1v) is 5.83. The normalized spacial score (nSPS) is 24.2. The van der Waals surface area contributed by atoms with E-state index in [1.807, 2.05) is 6.92 Å². The van der Waals surface area contributed by atoms with Crippen molar-refractivity contribution < 1.29 is 9.59 Å². The number of amides is 2. The monoisotopic (exact) mass is 227 g/mol. The van der Waals surface area contributed by atoms with Crippen LogP contribution in [0.3, 0.4) is 0 Å². The van der Waals surface area contributed by atoms with Crippen molar-refractivity contribution in [1.29, 1.82) is 0 Å². The molecule has 1 aliphatic rings. The fourth-order valence-electron chi connectivity index (χ4n) is 2.12. The Balaban J connectivity index is 2.44. The molecule has 5 heteroatoms. The van der Waals surface area contributed by atoms with Gasteiger partial charge in [0.2, 0.25) is 11.8 Å². The lowest BCUT2D eigenvalue weighted by Crippen LogP contribution is -2.44. The van der Waals surface area contributed by atoms with Crippen LogP contribution in [0.5, 0.6) is 0 Å². The molecule has 0 aromatic carbocycles. The predicted octanol–water partition coefficient (Wildman–Crippen LogP) is -0.292. The maximum Gasteiger partial charge on any atom is 0.239 e. The zero-order valence-corrected chi connectivity index (χ0v) is 10.0. The minimum atomic E-state index is -0.120. The summed E-state index contributed by atoms with van der Waals surface area (Å²) in [6, 6.07) is -0.0378. The van der Waals surface area contributed by atoms with E-state index in [0.29, 0.717) is 6.54 Å². The van der Waals surface area contributed by atoms with Gasteiger partial charge in [-0.05, 0) is 19.8 Å². The fraction of sp³-hybridized carbons (Fsp3) is 0.818. The second-order valence-corrected chi connectivity index (χ2v) is 4.35. The van der Waals surface area contributed by atoms with Crippen LogP contribution in [-0.4, -0.2) is 42.9 Å². The molecule has 1 aliphatic carbocycles. The number of hydrogen-bond acceptors (Lipinski definition) is 3. The Labute approximate surface area is 96.4 Å². The van der Waals surface area contributed by atoms with E-state index in [9.17, 15) is 9.59 Å². The van der Waals surface area contributed by atoms with Crippen LogP contribution in [0, 0.1) is 5.92 Å². The minimum Gasteiger partial charge on any atom is -0.355 e. The van der Waals surface area contributed by atoms with Crippen LogP contribution in [0.15, 0.2) is 0 Å². The Hall–Kier alpha value is -1.10. The van der Waals surface area contributed by atoms with E-state index in [0.717, 1.165) is 19.3 Å². The second kappa shape index (κ2) is 5.84. The quantitative estimate of drug-likeness (QED) is 0.693. The van der Waals surface area contributed by atoms with Crippen LogP contribution < -0.4 is 11.1 Å². The van der Waals surface area contributed by atoms with Crippen molar-refractivity contribution in [3.05, 3.63) is 0 Å². The molecular weight excluding hydrogens is 206 g/mol. The molecule has 0 bridgehead atoms. The first kappa shape index (κ1) is 13.0. The van der Waals surface area contributed by atoms with Gasteiger partial charge in [0.1, 0.15) is 0 Å². The van der Waals surface area contributed by atoms with Crippen molar-refractivity contribution in [2.45, 2.75) is 32.2 Å². The molecule has 1 rings (SSSR count). The first-order chi connectivity index (χ1) is 7.56. The molecule has 2 unspecified atom stereocenters. The number of carbonyl (C=O) groups is 2. The van der Waals surface area contributed by atoms with E-state index in [4.69, 9.17) is 5.73 Å². The number of nitrogens with two attached hydrogens (primary N) is 1. The van der Waals surface area contributed by atoms with Gasteiger partial charge in [-0.2, -0.15) is 0 Å². The average molecular weight is 227 g/mol. The highest BCUT2D eigenvalue weighted by atomic mass is 16.2. The Morgan fingerprint density at radius 1 is 1.44 bits per heavy atom. The Bertz CT molecular complexity index is 268. The maximum atomic E-state index is 12.0. The highest BCUT2D eigenvalue weighted by Gasteiger charge is 2.32. The highest BCUT2D eigenvalue weighted by Crippen LogP contribution is 2.25. The largest absolute Gasteiger partial charge is 0.355 e. The maximum absolute atomic E-state index is 12.0. The van der Waals surface area contributed by atoms with Gasteiger partial charge in [0.05, 0.1) is 12.5 Å². The van der Waals surface area contributed by atoms with E-state index >= 15 is 0 Å². The van der Waals surface area contributed by atoms with Crippen LogP contribution in [-0.2, 0) is 9.59 Å². The first-order valence-electron chi connectivity index (χ1n) is 5.83. The summed E-state index contributed by atoms with van der Waals surface area (Å²) < 4.78 is 0. The Morgan fingerprint density at radius 2 is 2.12 bits per heavy atom. The molecule has 0 spiro atoms. The molecular formula is C11H21N3O2. The van der Waals surface area contributed by atoms with Crippen LogP contribution in [0.4, 0.5) is 0 Å². The summed E-state index contributed by atoms with van der Waals surface area (Å²) in [6.07, 6.45) is 2.76. The molecule has 0 heterocycles. The van der Waals surface area contributed by atoms with Crippen molar-refractivity contribution in [2.75, 3.05) is 20.1 Å². The summed E-state index contributed by atoms with van der Waals surface area (Å²) in [5.74, 6) is -0.222. The predicted molar refractivity (Wildman–Crippen MR) is 61.6 cm³/mol. The van der Waals surface area contributed by atoms with Gasteiger partial charge in [0.15, 0.2) is 0 Å². The number of hydrogen-bond donors (Lipinski definition) is 2. The standard InChI is InChI=1S/C11H21N3O2/c1-3-13-10(15)7-14(2)11(16)8-5-4-6-9(8)12/h8-9H,3-7,12H2,1-2H3,(H,13,15). The third kappa shape index (κ3) is 3.20. The van der Waals surface area contributed by atoms with Crippen LogP contribution >= 0.6 is 0 Å². The summed E-state index contributed by atoms with van der Waals surface area (Å²) in [5, 5.41) is 2.67. The Kier molecular flexibility index (Phi) is 4.73. The number of nitrogens with zero attached hydrogens (tertiary/aromatic N) is 1. The number of rotatable bonds is 4. The van der Waals surface area contributed by atoms with Crippen molar-refractivity contribution in [2.24, 2.45) is 11.7 Å². The topological polar surface area (TPSA) is 75.4 Å². The van der Waals surface area contributed by atoms with Gasteiger partial charge in [-0.3, -0.25) is 9.59 Å². The summed E-state index contributed by atoms with van der Waals surface area (Å²) >= 11 is 0. The molecule has 1 saturated carbocycles. The summed E-state index contributed by atoms with van der Waals surface area (Å²) in [7, 11) is 1.66. The molecule has 1 fully saturated rings. The molecule has 2 amide bonds. The van der Waals surface area contributed by atoms with E-state index < -0.39 is 0 Å². The van der Waals surface area contributed by atoms with Crippen LogP contribution in [0.25, 0.3) is 0 Å². The van der Waals surface area contributed by atoms with Crippen molar-refractivity contribution in [1.82, 2.24) is 10.2 Å². The minimum absolute atomic E-state index is 0.00347. The molecule has 16 heavy (non-hydrogen) atoms. The summed E-state index contributed by atoms with van der Waals surface area (Å²) in [5.41, 5.74) is 5.86. The Morgan fingerprint density at radius 3 is 2.62 bits per heavy atom. The van der Waals surface area contributed by atoms with E-state index in [1.54, 1.807) is 7.05 Å². The lowest BCUT2D eigenvalue weighted by Gasteiger charge is -2.22. The smallest absolute Gasteiger partial charge is 0.239 e. The van der Waals surface area contributed by atoms with Gasteiger partial charge >= 0.3 is 0 Å². The third-order valence-electron chi connectivity index (χ3n) is 3.02.